The van der Waals surface area contributed by atoms with Gasteiger partial charge in [0.2, 0.25) is 6.29 Å². The van der Waals surface area contributed by atoms with Gasteiger partial charge in [-0.05, 0) is 6.42 Å². The lowest BCUT2D eigenvalue weighted by Gasteiger charge is -2.11. The third-order valence-electron chi connectivity index (χ3n) is 1.46. The minimum atomic E-state index is -0.702. The van der Waals surface area contributed by atoms with Crippen LogP contribution in [0.15, 0.2) is 0 Å². The molecular formula is C8H14O4. The Kier molecular flexibility index (Phi) is 7.33. The number of unbranched alkanes of at least 4 members (excludes halogenated alkanes) is 2. The monoisotopic (exact) mass is 174 g/mol. The van der Waals surface area contributed by atoms with E-state index in [4.69, 9.17) is 0 Å². The van der Waals surface area contributed by atoms with Crippen LogP contribution in [0.5, 0.6) is 0 Å². The van der Waals surface area contributed by atoms with Crippen molar-refractivity contribution in [3.63, 3.8) is 0 Å². The molecule has 0 saturated heterocycles. The van der Waals surface area contributed by atoms with Crippen molar-refractivity contribution in [2.75, 3.05) is 0 Å². The zero-order chi connectivity index (χ0) is 9.23. The summed E-state index contributed by atoms with van der Waals surface area (Å²) in [5.74, 6) is 0. The zero-order valence-corrected chi connectivity index (χ0v) is 7.19. The first-order chi connectivity index (χ1) is 5.85. The van der Waals surface area contributed by atoms with Crippen LogP contribution in [0.2, 0.25) is 0 Å². The van der Waals surface area contributed by atoms with E-state index in [-0.39, 0.29) is 0 Å². The van der Waals surface area contributed by atoms with Crippen molar-refractivity contribution in [3.05, 3.63) is 0 Å². The number of rotatable bonds is 8. The second-order valence-corrected chi connectivity index (χ2v) is 2.39. The molecule has 0 aliphatic heterocycles. The van der Waals surface area contributed by atoms with Crippen LogP contribution in [0.25, 0.3) is 0 Å². The van der Waals surface area contributed by atoms with Gasteiger partial charge in [-0.1, -0.05) is 19.8 Å². The second-order valence-electron chi connectivity index (χ2n) is 2.39. The molecular weight excluding hydrogens is 160 g/mol. The van der Waals surface area contributed by atoms with E-state index in [1.165, 1.54) is 0 Å². The maximum absolute atomic E-state index is 9.90. The van der Waals surface area contributed by atoms with Gasteiger partial charge in [-0.15, -0.1) is 0 Å². The molecule has 4 nitrogen and oxygen atoms in total. The van der Waals surface area contributed by atoms with Gasteiger partial charge >= 0.3 is 0 Å². The van der Waals surface area contributed by atoms with Crippen molar-refractivity contribution in [2.45, 2.75) is 38.9 Å². The van der Waals surface area contributed by atoms with E-state index in [1.54, 1.807) is 0 Å². The summed E-state index contributed by atoms with van der Waals surface area (Å²) in [6.45, 7) is 2.65. The molecule has 0 aromatic rings. The Balaban J connectivity index is 3.47. The van der Waals surface area contributed by atoms with E-state index < -0.39 is 6.29 Å². The quantitative estimate of drug-likeness (QED) is 0.315. The fourth-order valence-electron chi connectivity index (χ4n) is 0.853. The van der Waals surface area contributed by atoms with Crippen molar-refractivity contribution >= 4 is 12.9 Å². The SMILES string of the molecule is CCCCCC(OC=O)OC=O. The molecule has 70 valence electrons. The van der Waals surface area contributed by atoms with Gasteiger partial charge < -0.3 is 9.47 Å². The highest BCUT2D eigenvalue weighted by Crippen LogP contribution is 2.06. The Morgan fingerprint density at radius 2 is 1.75 bits per heavy atom. The van der Waals surface area contributed by atoms with Crippen LogP contribution >= 0.6 is 0 Å². The van der Waals surface area contributed by atoms with Gasteiger partial charge in [0.1, 0.15) is 0 Å². The molecule has 0 aliphatic carbocycles. The fraction of sp³-hybridized carbons (Fsp3) is 0.750. The summed E-state index contributed by atoms with van der Waals surface area (Å²) in [7, 11) is 0. The first-order valence-electron chi connectivity index (χ1n) is 4.03. The molecule has 0 N–H and O–H groups in total. The zero-order valence-electron chi connectivity index (χ0n) is 7.19. The summed E-state index contributed by atoms with van der Waals surface area (Å²) >= 11 is 0. The topological polar surface area (TPSA) is 52.6 Å². The van der Waals surface area contributed by atoms with Gasteiger partial charge in [-0.2, -0.15) is 0 Å². The Labute approximate surface area is 71.8 Å². The van der Waals surface area contributed by atoms with E-state index in [9.17, 15) is 9.59 Å². The highest BCUT2D eigenvalue weighted by molar-refractivity contribution is 5.39. The Bertz CT molecular complexity index is 114. The molecule has 0 aromatic heterocycles. The molecule has 0 saturated carbocycles. The minimum absolute atomic E-state index is 0.292. The number of hydrogen-bond acceptors (Lipinski definition) is 4. The first-order valence-corrected chi connectivity index (χ1v) is 4.03. The Hall–Kier alpha value is -1.06. The summed E-state index contributed by atoms with van der Waals surface area (Å²) in [5, 5.41) is 0. The summed E-state index contributed by atoms with van der Waals surface area (Å²) < 4.78 is 8.99. The lowest BCUT2D eigenvalue weighted by molar-refractivity contribution is -0.170. The van der Waals surface area contributed by atoms with Crippen molar-refractivity contribution in [1.82, 2.24) is 0 Å². The van der Waals surface area contributed by atoms with E-state index in [0.29, 0.717) is 19.4 Å². The lowest BCUT2D eigenvalue weighted by Crippen LogP contribution is -2.15. The molecule has 0 aromatic carbocycles. The second kappa shape index (κ2) is 8.04. The van der Waals surface area contributed by atoms with Crippen molar-refractivity contribution in [1.29, 1.82) is 0 Å². The maximum Gasteiger partial charge on any atom is 0.296 e. The van der Waals surface area contributed by atoms with Crippen LogP contribution in [0, 0.1) is 0 Å². The van der Waals surface area contributed by atoms with E-state index >= 15 is 0 Å². The third kappa shape index (κ3) is 5.70. The lowest BCUT2D eigenvalue weighted by atomic mass is 10.2. The summed E-state index contributed by atoms with van der Waals surface area (Å²) in [4.78, 5) is 19.8. The van der Waals surface area contributed by atoms with Gasteiger partial charge in [-0.25, -0.2) is 0 Å². The van der Waals surface area contributed by atoms with Crippen molar-refractivity contribution < 1.29 is 19.1 Å². The molecule has 0 rings (SSSR count). The smallest absolute Gasteiger partial charge is 0.296 e. The van der Waals surface area contributed by atoms with Gasteiger partial charge in [0.05, 0.1) is 0 Å². The predicted molar refractivity (Wildman–Crippen MR) is 42.2 cm³/mol. The number of ether oxygens (including phenoxy) is 2. The highest BCUT2D eigenvalue weighted by Gasteiger charge is 2.07. The van der Waals surface area contributed by atoms with Crippen LogP contribution in [0.3, 0.4) is 0 Å². The fourth-order valence-corrected chi connectivity index (χ4v) is 0.853. The van der Waals surface area contributed by atoms with Crippen molar-refractivity contribution in [3.8, 4) is 0 Å². The van der Waals surface area contributed by atoms with Crippen LogP contribution in [-0.4, -0.2) is 19.2 Å². The third-order valence-corrected chi connectivity index (χ3v) is 1.46. The molecule has 0 atom stereocenters. The maximum atomic E-state index is 9.90. The molecule has 0 unspecified atom stereocenters. The first kappa shape index (κ1) is 10.9. The van der Waals surface area contributed by atoms with Crippen LogP contribution in [0.4, 0.5) is 0 Å². The minimum Gasteiger partial charge on any atom is -0.427 e. The van der Waals surface area contributed by atoms with Crippen LogP contribution in [0.1, 0.15) is 32.6 Å². The van der Waals surface area contributed by atoms with Crippen LogP contribution < -0.4 is 0 Å². The Morgan fingerprint density at radius 1 is 1.17 bits per heavy atom. The summed E-state index contributed by atoms with van der Waals surface area (Å²) in [6, 6.07) is 0. The molecule has 0 amide bonds. The predicted octanol–water partition coefficient (Wildman–Crippen LogP) is 1.24. The molecule has 0 spiro atoms. The molecule has 0 heterocycles. The van der Waals surface area contributed by atoms with E-state index in [2.05, 4.69) is 16.4 Å². The molecule has 12 heavy (non-hydrogen) atoms. The van der Waals surface area contributed by atoms with Gasteiger partial charge in [0, 0.05) is 6.42 Å². The van der Waals surface area contributed by atoms with E-state index in [0.717, 1.165) is 19.3 Å². The van der Waals surface area contributed by atoms with Gasteiger partial charge in [-0.3, -0.25) is 9.59 Å². The average molecular weight is 174 g/mol. The molecule has 0 bridgehead atoms. The Morgan fingerprint density at radius 3 is 2.17 bits per heavy atom. The average Bonchev–Trinajstić information content (AvgIpc) is 2.06. The normalized spacial score (nSPS) is 9.50. The molecule has 0 aliphatic rings. The van der Waals surface area contributed by atoms with Crippen molar-refractivity contribution in [2.24, 2.45) is 0 Å². The number of carbonyl (C=O) groups excluding carboxylic acids is 2. The van der Waals surface area contributed by atoms with E-state index in [1.807, 2.05) is 0 Å². The number of hydrogen-bond donors (Lipinski definition) is 0. The molecule has 0 fully saturated rings. The largest absolute Gasteiger partial charge is 0.427 e. The molecule has 4 heteroatoms. The van der Waals surface area contributed by atoms with Gasteiger partial charge in [0.25, 0.3) is 12.9 Å². The number of carbonyl (C=O) groups is 2. The summed E-state index contributed by atoms with van der Waals surface area (Å²) in [6.07, 6.45) is 2.89. The highest BCUT2D eigenvalue weighted by atomic mass is 16.7. The molecule has 0 radical (unpaired) electrons. The standard InChI is InChI=1S/C8H14O4/c1-2-3-4-5-8(11-6-9)12-7-10/h6-8H,2-5H2,1H3. The summed E-state index contributed by atoms with van der Waals surface area (Å²) in [5.41, 5.74) is 0. The van der Waals surface area contributed by atoms with Crippen LogP contribution in [-0.2, 0) is 19.1 Å². The van der Waals surface area contributed by atoms with Gasteiger partial charge in [0.15, 0.2) is 0 Å².